The van der Waals surface area contributed by atoms with Crippen molar-refractivity contribution in [2.24, 2.45) is 0 Å². The van der Waals surface area contributed by atoms with Crippen LogP contribution in [0.15, 0.2) is 33.5 Å². The van der Waals surface area contributed by atoms with Crippen LogP contribution in [0.4, 0.5) is 5.82 Å². The van der Waals surface area contributed by atoms with E-state index in [9.17, 15) is 0 Å². The molecule has 2 heterocycles. The van der Waals surface area contributed by atoms with E-state index >= 15 is 0 Å². The Balaban J connectivity index is 2.24. The second-order valence-corrected chi connectivity index (χ2v) is 3.47. The standard InChI is InChI=1S/C8H8BrN3O/c9-7-4-11-12(8(7)10)5-6-2-1-3-13-6/h1-4H,5,10H2. The highest BCUT2D eigenvalue weighted by molar-refractivity contribution is 9.10. The number of nitrogens with zero attached hydrogens (tertiary/aromatic N) is 2. The lowest BCUT2D eigenvalue weighted by atomic mass is 10.4. The zero-order valence-electron chi connectivity index (χ0n) is 6.77. The number of hydrogen-bond acceptors (Lipinski definition) is 3. The van der Waals surface area contributed by atoms with Crippen LogP contribution in [0.2, 0.25) is 0 Å². The quantitative estimate of drug-likeness (QED) is 0.874. The first-order valence-electron chi connectivity index (χ1n) is 3.76. The highest BCUT2D eigenvalue weighted by atomic mass is 79.9. The average Bonchev–Trinajstić information content (AvgIpc) is 2.71. The Labute approximate surface area is 83.5 Å². The van der Waals surface area contributed by atoms with Gasteiger partial charge in [-0.15, -0.1) is 0 Å². The molecule has 4 nitrogen and oxygen atoms in total. The van der Waals surface area contributed by atoms with Crippen LogP contribution in [-0.4, -0.2) is 9.78 Å². The molecule has 0 saturated carbocycles. The first-order chi connectivity index (χ1) is 6.27. The number of halogens is 1. The maximum Gasteiger partial charge on any atom is 0.136 e. The number of anilines is 1. The van der Waals surface area contributed by atoms with E-state index in [4.69, 9.17) is 10.2 Å². The normalized spacial score (nSPS) is 10.5. The van der Waals surface area contributed by atoms with Gasteiger partial charge >= 0.3 is 0 Å². The van der Waals surface area contributed by atoms with Gasteiger partial charge in [-0.1, -0.05) is 0 Å². The minimum atomic E-state index is 0.560. The number of hydrogen-bond donors (Lipinski definition) is 1. The van der Waals surface area contributed by atoms with E-state index in [2.05, 4.69) is 21.0 Å². The van der Waals surface area contributed by atoms with Crippen LogP contribution in [0.1, 0.15) is 5.76 Å². The van der Waals surface area contributed by atoms with Crippen molar-refractivity contribution >= 4 is 21.7 Å². The minimum absolute atomic E-state index is 0.560. The predicted octanol–water partition coefficient (Wildman–Crippen LogP) is 1.87. The molecule has 0 aliphatic heterocycles. The van der Waals surface area contributed by atoms with Crippen LogP contribution < -0.4 is 5.73 Å². The smallest absolute Gasteiger partial charge is 0.136 e. The molecule has 0 bridgehead atoms. The molecule has 2 rings (SSSR count). The van der Waals surface area contributed by atoms with Crippen molar-refractivity contribution in [3.05, 3.63) is 34.8 Å². The maximum atomic E-state index is 5.73. The number of nitrogen functional groups attached to an aromatic ring is 1. The van der Waals surface area contributed by atoms with Crippen molar-refractivity contribution in [3.63, 3.8) is 0 Å². The largest absolute Gasteiger partial charge is 0.467 e. The maximum absolute atomic E-state index is 5.73. The molecule has 5 heteroatoms. The molecule has 0 aromatic carbocycles. The summed E-state index contributed by atoms with van der Waals surface area (Å²) in [6.45, 7) is 0.560. The van der Waals surface area contributed by atoms with Crippen molar-refractivity contribution < 1.29 is 4.42 Å². The summed E-state index contributed by atoms with van der Waals surface area (Å²) in [5.74, 6) is 1.44. The molecule has 13 heavy (non-hydrogen) atoms. The first kappa shape index (κ1) is 8.37. The Hall–Kier alpha value is -1.23. The van der Waals surface area contributed by atoms with Crippen LogP contribution in [0.25, 0.3) is 0 Å². The number of aromatic nitrogens is 2. The second-order valence-electron chi connectivity index (χ2n) is 2.61. The zero-order chi connectivity index (χ0) is 9.26. The van der Waals surface area contributed by atoms with Gasteiger partial charge in [0.1, 0.15) is 18.1 Å². The van der Waals surface area contributed by atoms with Crippen molar-refractivity contribution in [2.75, 3.05) is 5.73 Å². The van der Waals surface area contributed by atoms with Gasteiger partial charge in [-0.2, -0.15) is 5.10 Å². The van der Waals surface area contributed by atoms with Gasteiger partial charge < -0.3 is 10.2 Å². The summed E-state index contributed by atoms with van der Waals surface area (Å²) < 4.78 is 7.64. The van der Waals surface area contributed by atoms with E-state index in [0.29, 0.717) is 12.4 Å². The molecule has 0 aliphatic rings. The lowest BCUT2D eigenvalue weighted by Crippen LogP contribution is -2.04. The predicted molar refractivity (Wildman–Crippen MR) is 52.1 cm³/mol. The number of nitrogens with two attached hydrogens (primary N) is 1. The monoisotopic (exact) mass is 241 g/mol. The van der Waals surface area contributed by atoms with Gasteiger partial charge in [0, 0.05) is 0 Å². The Morgan fingerprint density at radius 3 is 3.00 bits per heavy atom. The van der Waals surface area contributed by atoms with Gasteiger partial charge in [-0.05, 0) is 28.1 Å². The SMILES string of the molecule is Nc1c(Br)cnn1Cc1ccco1. The zero-order valence-corrected chi connectivity index (χ0v) is 8.36. The van der Waals surface area contributed by atoms with Crippen LogP contribution >= 0.6 is 15.9 Å². The molecule has 0 spiro atoms. The highest BCUT2D eigenvalue weighted by Crippen LogP contribution is 2.18. The summed E-state index contributed by atoms with van der Waals surface area (Å²) in [5.41, 5.74) is 5.73. The highest BCUT2D eigenvalue weighted by Gasteiger charge is 2.05. The third kappa shape index (κ3) is 1.60. The Morgan fingerprint density at radius 2 is 2.46 bits per heavy atom. The van der Waals surface area contributed by atoms with Crippen LogP contribution in [0, 0.1) is 0 Å². The number of furan rings is 1. The van der Waals surface area contributed by atoms with Gasteiger partial charge in [0.25, 0.3) is 0 Å². The summed E-state index contributed by atoms with van der Waals surface area (Å²) in [4.78, 5) is 0. The first-order valence-corrected chi connectivity index (χ1v) is 4.56. The molecule has 2 aromatic heterocycles. The second kappa shape index (κ2) is 3.26. The van der Waals surface area contributed by atoms with E-state index in [1.165, 1.54) is 0 Å². The topological polar surface area (TPSA) is 57.0 Å². The fraction of sp³-hybridized carbons (Fsp3) is 0.125. The molecule has 0 fully saturated rings. The van der Waals surface area contributed by atoms with E-state index in [0.717, 1.165) is 10.2 Å². The summed E-state index contributed by atoms with van der Waals surface area (Å²) in [6.07, 6.45) is 3.29. The minimum Gasteiger partial charge on any atom is -0.467 e. The lowest BCUT2D eigenvalue weighted by molar-refractivity contribution is 0.482. The number of rotatable bonds is 2. The fourth-order valence-corrected chi connectivity index (χ4v) is 1.34. The third-order valence-electron chi connectivity index (χ3n) is 1.72. The molecule has 0 unspecified atom stereocenters. The van der Waals surface area contributed by atoms with Crippen molar-refractivity contribution in [2.45, 2.75) is 6.54 Å². The molecule has 0 atom stereocenters. The van der Waals surface area contributed by atoms with Gasteiger partial charge in [-0.3, -0.25) is 0 Å². The van der Waals surface area contributed by atoms with Crippen LogP contribution in [0.5, 0.6) is 0 Å². The summed E-state index contributed by atoms with van der Waals surface area (Å²) in [7, 11) is 0. The van der Waals surface area contributed by atoms with Gasteiger partial charge in [-0.25, -0.2) is 4.68 Å². The van der Waals surface area contributed by atoms with E-state index in [1.807, 2.05) is 12.1 Å². The molecular formula is C8H8BrN3O. The van der Waals surface area contributed by atoms with E-state index in [1.54, 1.807) is 17.1 Å². The molecule has 0 radical (unpaired) electrons. The molecule has 0 saturated heterocycles. The van der Waals surface area contributed by atoms with E-state index in [-0.39, 0.29) is 0 Å². The van der Waals surface area contributed by atoms with E-state index < -0.39 is 0 Å². The molecule has 2 N–H and O–H groups in total. The molecular weight excluding hydrogens is 234 g/mol. The van der Waals surface area contributed by atoms with Crippen molar-refractivity contribution in [1.29, 1.82) is 0 Å². The summed E-state index contributed by atoms with van der Waals surface area (Å²) in [5, 5.41) is 4.07. The van der Waals surface area contributed by atoms with Gasteiger partial charge in [0.05, 0.1) is 16.9 Å². The molecule has 68 valence electrons. The Kier molecular flexibility index (Phi) is 2.10. The Bertz CT molecular complexity index is 393. The lowest BCUT2D eigenvalue weighted by Gasteiger charge is -2.00. The van der Waals surface area contributed by atoms with Gasteiger partial charge in [0.2, 0.25) is 0 Å². The van der Waals surface area contributed by atoms with Crippen molar-refractivity contribution in [3.8, 4) is 0 Å². The van der Waals surface area contributed by atoms with Crippen LogP contribution in [0.3, 0.4) is 0 Å². The molecule has 0 amide bonds. The van der Waals surface area contributed by atoms with Crippen molar-refractivity contribution in [1.82, 2.24) is 9.78 Å². The molecule has 2 aromatic rings. The fourth-order valence-electron chi connectivity index (χ4n) is 1.05. The summed E-state index contributed by atoms with van der Waals surface area (Å²) >= 11 is 3.28. The van der Waals surface area contributed by atoms with Crippen LogP contribution in [-0.2, 0) is 6.54 Å². The Morgan fingerprint density at radius 1 is 1.62 bits per heavy atom. The van der Waals surface area contributed by atoms with Gasteiger partial charge in [0.15, 0.2) is 0 Å². The third-order valence-corrected chi connectivity index (χ3v) is 2.33. The average molecular weight is 242 g/mol. The summed E-state index contributed by atoms with van der Waals surface area (Å²) in [6, 6.07) is 3.72. The molecule has 0 aliphatic carbocycles.